The maximum Gasteiger partial charge on any atom is 0.325 e. The molecule has 0 aliphatic rings. The van der Waals surface area contributed by atoms with E-state index in [0.717, 1.165) is 34.6 Å². The Balaban J connectivity index is -0.00000800. The van der Waals surface area contributed by atoms with Crippen LogP contribution in [0.5, 0.6) is 0 Å². The number of unbranched alkanes of at least 4 members (excludes halogenated alkanes) is 18. The molecule has 0 saturated carbocycles. The molecule has 0 aliphatic heterocycles. The number of nitrogens with zero attached hydrogens (tertiary/aromatic N) is 2. The first-order valence-electron chi connectivity index (χ1n) is 16.9. The molecule has 4 N–H and O–H groups in total. The number of quaternary nitrogens is 2. The summed E-state index contributed by atoms with van der Waals surface area (Å²) in [7, 11) is 1.94. The third kappa shape index (κ3) is 38.9. The smallest absolute Gasteiger partial charge is 0.325 e. The van der Waals surface area contributed by atoms with Crippen LogP contribution in [0.25, 0.3) is 0 Å². The van der Waals surface area contributed by atoms with E-state index in [0.29, 0.717) is 12.8 Å². The predicted octanol–water partition coefficient (Wildman–Crippen LogP) is 1.69. The molecule has 0 heterocycles. The van der Waals surface area contributed by atoms with E-state index >= 15 is 0 Å². The molecular formula is C31H70Cl2N2O6P2. The second kappa shape index (κ2) is 27.9. The molecule has 0 aromatic rings. The molecule has 0 unspecified atom stereocenters. The Morgan fingerprint density at radius 3 is 0.767 bits per heavy atom. The topological polar surface area (TPSA) is 115 Å². The van der Waals surface area contributed by atoms with Crippen molar-refractivity contribution in [2.24, 2.45) is 0 Å². The second-order valence-electron chi connectivity index (χ2n) is 14.0. The van der Waals surface area contributed by atoms with Crippen LogP contribution < -0.4 is 24.8 Å². The van der Waals surface area contributed by atoms with Crippen molar-refractivity contribution >= 4 is 15.2 Å². The van der Waals surface area contributed by atoms with Gasteiger partial charge in [-0.15, -0.1) is 0 Å². The molecule has 43 heavy (non-hydrogen) atoms. The zero-order valence-corrected chi connectivity index (χ0v) is 31.5. The van der Waals surface area contributed by atoms with Crippen molar-refractivity contribution in [3.05, 3.63) is 0 Å². The lowest BCUT2D eigenvalue weighted by Gasteiger charge is -2.33. The van der Waals surface area contributed by atoms with Gasteiger partial charge in [-0.2, -0.15) is 0 Å². The van der Waals surface area contributed by atoms with Crippen LogP contribution >= 0.6 is 15.2 Å². The summed E-state index contributed by atoms with van der Waals surface area (Å²) < 4.78 is 23.9. The molecule has 0 saturated heterocycles. The SMILES string of the molecule is C[N+](C)(CCCCCCCCCCCCP(=O)(O)O)CCC[N+](C)(C)CCCCCCCCCCCCP(=O)(O)O.[Cl-].[Cl-]. The van der Waals surface area contributed by atoms with Gasteiger partial charge in [0, 0.05) is 18.7 Å². The van der Waals surface area contributed by atoms with Gasteiger partial charge in [-0.05, 0) is 38.5 Å². The Kier molecular flexibility index (Phi) is 31.2. The van der Waals surface area contributed by atoms with Crippen LogP contribution in [0.4, 0.5) is 0 Å². The standard InChI is InChI=1S/C31H68N2O6P2.2ClH/c1-32(2,26-21-17-13-9-5-7-11-15-19-23-30-40(34,35)36)28-25-29-33(3,4)27-22-18-14-10-6-8-12-16-20-24-31-41(37,38)39;;/h5-31H2,1-4H3,(H2-2,34,35,36,37,38,39);2*1H. The maximum absolute atomic E-state index is 10.8. The summed E-state index contributed by atoms with van der Waals surface area (Å²) in [6.45, 7) is 5.03. The van der Waals surface area contributed by atoms with Crippen LogP contribution in [0.3, 0.4) is 0 Å². The van der Waals surface area contributed by atoms with Crippen molar-refractivity contribution in [1.29, 1.82) is 0 Å². The van der Waals surface area contributed by atoms with Gasteiger partial charge in [0.25, 0.3) is 0 Å². The van der Waals surface area contributed by atoms with Crippen LogP contribution in [0.2, 0.25) is 0 Å². The van der Waals surface area contributed by atoms with Gasteiger partial charge in [-0.3, -0.25) is 9.13 Å². The van der Waals surface area contributed by atoms with E-state index in [4.69, 9.17) is 19.6 Å². The number of rotatable bonds is 30. The van der Waals surface area contributed by atoms with E-state index in [9.17, 15) is 9.13 Å². The fraction of sp³-hybridized carbons (Fsp3) is 1.00. The summed E-state index contributed by atoms with van der Waals surface area (Å²) in [4.78, 5) is 35.5. The van der Waals surface area contributed by atoms with Gasteiger partial charge in [0.1, 0.15) is 0 Å². The first-order chi connectivity index (χ1) is 19.1. The van der Waals surface area contributed by atoms with Gasteiger partial charge in [-0.25, -0.2) is 0 Å². The quantitative estimate of drug-likeness (QED) is 0.0516. The van der Waals surface area contributed by atoms with E-state index in [1.54, 1.807) is 0 Å². The van der Waals surface area contributed by atoms with Gasteiger partial charge in [-0.1, -0.05) is 89.9 Å². The molecule has 0 aliphatic carbocycles. The van der Waals surface area contributed by atoms with E-state index in [1.807, 2.05) is 0 Å². The Hall–Kier alpha value is 0.800. The largest absolute Gasteiger partial charge is 1.00 e. The zero-order valence-electron chi connectivity index (χ0n) is 28.2. The van der Waals surface area contributed by atoms with E-state index < -0.39 is 15.2 Å². The predicted molar refractivity (Wildman–Crippen MR) is 174 cm³/mol. The first kappa shape index (κ1) is 48.2. The maximum atomic E-state index is 10.8. The fourth-order valence-corrected chi connectivity index (χ4v) is 6.97. The van der Waals surface area contributed by atoms with Crippen LogP contribution in [-0.2, 0) is 9.13 Å². The Morgan fingerprint density at radius 2 is 0.535 bits per heavy atom. The zero-order chi connectivity index (χ0) is 31.1. The molecule has 0 amide bonds. The molecule has 0 aromatic carbocycles. The van der Waals surface area contributed by atoms with Gasteiger partial charge in [0.05, 0.1) is 54.4 Å². The minimum absolute atomic E-state index is 0. The fourth-order valence-electron chi connectivity index (χ4n) is 5.69. The number of hydrogen-bond donors (Lipinski definition) is 4. The molecule has 0 rings (SSSR count). The molecule has 0 fully saturated rings. The lowest BCUT2D eigenvalue weighted by molar-refractivity contribution is -0.909. The van der Waals surface area contributed by atoms with Crippen molar-refractivity contribution in [3.63, 3.8) is 0 Å². The molecule has 8 nitrogen and oxygen atoms in total. The van der Waals surface area contributed by atoms with Crippen molar-refractivity contribution < 1.29 is 62.5 Å². The van der Waals surface area contributed by atoms with Crippen LogP contribution in [0.1, 0.15) is 135 Å². The summed E-state index contributed by atoms with van der Waals surface area (Å²) >= 11 is 0. The van der Waals surface area contributed by atoms with Crippen molar-refractivity contribution in [3.8, 4) is 0 Å². The van der Waals surface area contributed by atoms with Gasteiger partial charge >= 0.3 is 15.2 Å². The second-order valence-corrected chi connectivity index (χ2v) is 17.5. The van der Waals surface area contributed by atoms with Gasteiger partial charge < -0.3 is 53.4 Å². The molecule has 0 bridgehead atoms. The molecule has 0 spiro atoms. The first-order valence-corrected chi connectivity index (χ1v) is 20.4. The van der Waals surface area contributed by atoms with Crippen molar-refractivity contribution in [1.82, 2.24) is 0 Å². The monoisotopic (exact) mass is 698 g/mol. The number of hydrogen-bond acceptors (Lipinski definition) is 2. The molecule has 12 heteroatoms. The lowest BCUT2D eigenvalue weighted by Crippen LogP contribution is -3.00. The highest BCUT2D eigenvalue weighted by Gasteiger charge is 2.19. The summed E-state index contributed by atoms with van der Waals surface area (Å²) in [5, 5.41) is 0. The molecule has 264 valence electrons. The molecular weight excluding hydrogens is 629 g/mol. The average molecular weight is 700 g/mol. The summed E-state index contributed by atoms with van der Waals surface area (Å²) in [5.41, 5.74) is 0. The van der Waals surface area contributed by atoms with Crippen LogP contribution in [0, 0.1) is 0 Å². The minimum Gasteiger partial charge on any atom is -1.00 e. The molecule has 0 radical (unpaired) electrons. The highest BCUT2D eigenvalue weighted by Crippen LogP contribution is 2.36. The van der Waals surface area contributed by atoms with Gasteiger partial charge in [0.2, 0.25) is 0 Å². The molecule has 0 aromatic heterocycles. The Bertz CT molecular complexity index is 662. The Morgan fingerprint density at radius 1 is 0.349 bits per heavy atom. The van der Waals surface area contributed by atoms with Crippen LogP contribution in [-0.4, -0.2) is 95.2 Å². The minimum atomic E-state index is -3.80. The summed E-state index contributed by atoms with van der Waals surface area (Å²) in [5.74, 6) is 0. The summed E-state index contributed by atoms with van der Waals surface area (Å²) in [6, 6.07) is 0. The third-order valence-corrected chi connectivity index (χ3v) is 10.3. The Labute approximate surface area is 278 Å². The highest BCUT2D eigenvalue weighted by molar-refractivity contribution is 7.52. The normalized spacial score (nSPS) is 12.7. The highest BCUT2D eigenvalue weighted by atomic mass is 35.5. The van der Waals surface area contributed by atoms with E-state index in [2.05, 4.69) is 28.2 Å². The molecule has 0 atom stereocenters. The lowest BCUT2D eigenvalue weighted by atomic mass is 10.1. The summed E-state index contributed by atoms with van der Waals surface area (Å²) in [6.07, 6.45) is 24.7. The number of halogens is 2. The van der Waals surface area contributed by atoms with Gasteiger partial charge in [0.15, 0.2) is 0 Å². The van der Waals surface area contributed by atoms with Crippen LogP contribution in [0.15, 0.2) is 0 Å². The van der Waals surface area contributed by atoms with Crippen molar-refractivity contribution in [2.45, 2.75) is 135 Å². The van der Waals surface area contributed by atoms with Crippen molar-refractivity contribution in [2.75, 3.05) is 66.7 Å². The average Bonchev–Trinajstić information content (AvgIpc) is 2.83. The van der Waals surface area contributed by atoms with E-state index in [1.165, 1.54) is 122 Å². The third-order valence-electron chi connectivity index (χ3n) is 8.45. The van der Waals surface area contributed by atoms with E-state index in [-0.39, 0.29) is 37.1 Å².